The molecule has 2 unspecified atom stereocenters. The molecule has 1 saturated carbocycles. The normalized spacial score (nSPS) is 33.5. The third kappa shape index (κ3) is 2.74. The van der Waals surface area contributed by atoms with Crippen molar-refractivity contribution < 1.29 is 0 Å². The Morgan fingerprint density at radius 3 is 2.88 bits per heavy atom. The van der Waals surface area contributed by atoms with Gasteiger partial charge in [-0.3, -0.25) is 5.01 Å². The molecule has 0 radical (unpaired) electrons. The Morgan fingerprint density at radius 1 is 1.47 bits per heavy atom. The largest absolute Gasteiger partial charge is 0.342 e. The van der Waals surface area contributed by atoms with Crippen molar-refractivity contribution in [2.24, 2.45) is 11.8 Å². The first-order valence-corrected chi connectivity index (χ1v) is 7.32. The van der Waals surface area contributed by atoms with Gasteiger partial charge in [0, 0.05) is 6.54 Å². The molecule has 98 valence electrons. The molecule has 0 aromatic heterocycles. The van der Waals surface area contributed by atoms with Gasteiger partial charge in [-0.1, -0.05) is 27.2 Å². The molecule has 3 nitrogen and oxygen atoms in total. The summed E-state index contributed by atoms with van der Waals surface area (Å²) in [6, 6.07) is 0. The van der Waals surface area contributed by atoms with E-state index in [1.165, 1.54) is 32.1 Å². The minimum atomic E-state index is 0.0479. The van der Waals surface area contributed by atoms with Crippen LogP contribution in [0.2, 0.25) is 0 Å². The number of hydrogen-bond donors (Lipinski definition) is 2. The number of nitrogens with zero attached hydrogens (tertiary/aromatic N) is 1. The molecule has 0 aromatic carbocycles. The lowest BCUT2D eigenvalue weighted by atomic mass is 9.81. The summed E-state index contributed by atoms with van der Waals surface area (Å²) in [7, 11) is 0. The van der Waals surface area contributed by atoms with Crippen LogP contribution in [-0.2, 0) is 0 Å². The van der Waals surface area contributed by atoms with Crippen molar-refractivity contribution in [2.45, 2.75) is 58.5 Å². The van der Waals surface area contributed by atoms with Crippen LogP contribution in [0.25, 0.3) is 0 Å². The zero-order chi connectivity index (χ0) is 12.5. The molecule has 1 heterocycles. The van der Waals surface area contributed by atoms with E-state index in [0.29, 0.717) is 5.92 Å². The number of rotatable bonds is 3. The van der Waals surface area contributed by atoms with Crippen LogP contribution in [0, 0.1) is 11.8 Å². The predicted octanol–water partition coefficient (Wildman–Crippen LogP) is 2.63. The Morgan fingerprint density at radius 2 is 2.24 bits per heavy atom. The van der Waals surface area contributed by atoms with E-state index in [9.17, 15) is 0 Å². The van der Waals surface area contributed by atoms with Gasteiger partial charge in [0.25, 0.3) is 0 Å². The fourth-order valence-corrected chi connectivity index (χ4v) is 3.14. The lowest BCUT2D eigenvalue weighted by Gasteiger charge is -2.39. The maximum absolute atomic E-state index is 5.45. The zero-order valence-corrected chi connectivity index (χ0v) is 12.1. The maximum atomic E-state index is 5.45. The molecule has 1 aliphatic heterocycles. The van der Waals surface area contributed by atoms with Crippen molar-refractivity contribution in [1.29, 1.82) is 0 Å². The van der Waals surface area contributed by atoms with Gasteiger partial charge in [-0.25, -0.2) is 5.43 Å². The number of nitrogens with one attached hydrogen (secondary N) is 2. The minimum Gasteiger partial charge on any atom is -0.342 e. The molecule has 2 N–H and O–H groups in total. The smallest absolute Gasteiger partial charge is 0.185 e. The van der Waals surface area contributed by atoms with Crippen LogP contribution in [0.15, 0.2) is 0 Å². The zero-order valence-electron chi connectivity index (χ0n) is 11.3. The summed E-state index contributed by atoms with van der Waals surface area (Å²) in [5.41, 5.74) is 3.69. The van der Waals surface area contributed by atoms with E-state index in [0.717, 1.165) is 17.6 Å². The summed E-state index contributed by atoms with van der Waals surface area (Å²) in [5.74, 6) is 1.37. The quantitative estimate of drug-likeness (QED) is 0.758. The summed E-state index contributed by atoms with van der Waals surface area (Å²) in [6.07, 6.45) is 6.31. The van der Waals surface area contributed by atoms with Crippen molar-refractivity contribution in [3.05, 3.63) is 0 Å². The van der Waals surface area contributed by atoms with Gasteiger partial charge in [0.05, 0.1) is 0 Å². The van der Waals surface area contributed by atoms with Crippen LogP contribution in [0.5, 0.6) is 0 Å². The van der Waals surface area contributed by atoms with Crippen molar-refractivity contribution in [1.82, 2.24) is 15.8 Å². The van der Waals surface area contributed by atoms with Crippen LogP contribution in [-0.4, -0.2) is 22.3 Å². The molecule has 17 heavy (non-hydrogen) atoms. The van der Waals surface area contributed by atoms with Gasteiger partial charge < -0.3 is 5.32 Å². The summed E-state index contributed by atoms with van der Waals surface area (Å²) < 4.78 is 0. The second kappa shape index (κ2) is 5.11. The molecule has 0 aromatic rings. The van der Waals surface area contributed by atoms with Gasteiger partial charge >= 0.3 is 0 Å². The monoisotopic (exact) mass is 255 g/mol. The molecule has 2 aliphatic rings. The van der Waals surface area contributed by atoms with Gasteiger partial charge in [-0.05, 0) is 49.7 Å². The Labute approximate surface area is 110 Å². The third-order valence-corrected chi connectivity index (χ3v) is 4.46. The van der Waals surface area contributed by atoms with Gasteiger partial charge in [0.2, 0.25) is 0 Å². The molecular formula is C13H25N3S. The van der Waals surface area contributed by atoms with Gasteiger partial charge in [0.15, 0.2) is 5.11 Å². The fourth-order valence-electron chi connectivity index (χ4n) is 2.82. The lowest BCUT2D eigenvalue weighted by Crippen LogP contribution is -2.57. The molecule has 1 aliphatic carbocycles. The molecule has 0 bridgehead atoms. The summed E-state index contributed by atoms with van der Waals surface area (Å²) in [6.45, 7) is 7.85. The molecule has 1 spiro atoms. The van der Waals surface area contributed by atoms with E-state index in [-0.39, 0.29) is 5.66 Å². The van der Waals surface area contributed by atoms with Gasteiger partial charge in [0.1, 0.15) is 5.66 Å². The van der Waals surface area contributed by atoms with Gasteiger partial charge in [-0.15, -0.1) is 0 Å². The molecule has 4 heteroatoms. The average Bonchev–Trinajstić information content (AvgIpc) is 2.58. The molecule has 0 amide bonds. The standard InChI is InChI=1S/C13H25N3S/c1-10(2)7-9-16-12(17)14-13(15-16)8-5-4-6-11(13)3/h10-11,15H,4-9H2,1-3H3,(H,14,17). The Bertz CT molecular complexity index is 292. The van der Waals surface area contributed by atoms with Crippen molar-refractivity contribution in [3.63, 3.8) is 0 Å². The summed E-state index contributed by atoms with van der Waals surface area (Å²) >= 11 is 5.45. The molecular weight excluding hydrogens is 230 g/mol. The second-order valence-electron chi connectivity index (χ2n) is 5.99. The molecule has 2 fully saturated rings. The van der Waals surface area contributed by atoms with E-state index in [1.54, 1.807) is 0 Å². The van der Waals surface area contributed by atoms with Crippen molar-refractivity contribution in [2.75, 3.05) is 6.54 Å². The molecule has 2 atom stereocenters. The highest BCUT2D eigenvalue weighted by molar-refractivity contribution is 7.80. The van der Waals surface area contributed by atoms with Crippen LogP contribution in [0.4, 0.5) is 0 Å². The summed E-state index contributed by atoms with van der Waals surface area (Å²) in [5, 5.41) is 6.58. The Kier molecular flexibility index (Phi) is 3.93. The third-order valence-electron chi connectivity index (χ3n) is 4.14. The topological polar surface area (TPSA) is 27.3 Å². The van der Waals surface area contributed by atoms with Crippen LogP contribution in [0.1, 0.15) is 52.9 Å². The number of hydrogen-bond acceptors (Lipinski definition) is 2. The summed E-state index contributed by atoms with van der Waals surface area (Å²) in [4.78, 5) is 0. The highest BCUT2D eigenvalue weighted by Crippen LogP contribution is 2.34. The molecule has 1 saturated heterocycles. The average molecular weight is 255 g/mol. The first-order valence-electron chi connectivity index (χ1n) is 6.91. The predicted molar refractivity (Wildman–Crippen MR) is 75.4 cm³/mol. The van der Waals surface area contributed by atoms with E-state index < -0.39 is 0 Å². The lowest BCUT2D eigenvalue weighted by molar-refractivity contribution is 0.105. The van der Waals surface area contributed by atoms with Crippen LogP contribution >= 0.6 is 12.2 Å². The van der Waals surface area contributed by atoms with E-state index >= 15 is 0 Å². The van der Waals surface area contributed by atoms with E-state index in [1.807, 2.05) is 0 Å². The first-order chi connectivity index (χ1) is 8.03. The highest BCUT2D eigenvalue weighted by atomic mass is 32.1. The highest BCUT2D eigenvalue weighted by Gasteiger charge is 2.45. The SMILES string of the molecule is CC(C)CCN1NC2(CCCCC2C)NC1=S. The first kappa shape index (κ1) is 13.1. The Balaban J connectivity index is 1.97. The number of hydrazine groups is 1. The maximum Gasteiger partial charge on any atom is 0.185 e. The van der Waals surface area contributed by atoms with Crippen LogP contribution < -0.4 is 10.7 Å². The fraction of sp³-hybridized carbons (Fsp3) is 0.923. The van der Waals surface area contributed by atoms with Crippen LogP contribution in [0.3, 0.4) is 0 Å². The van der Waals surface area contributed by atoms with Crippen molar-refractivity contribution >= 4 is 17.3 Å². The van der Waals surface area contributed by atoms with Crippen molar-refractivity contribution in [3.8, 4) is 0 Å². The van der Waals surface area contributed by atoms with E-state index in [2.05, 4.69) is 36.5 Å². The number of thiocarbonyl (C=S) groups is 1. The second-order valence-corrected chi connectivity index (χ2v) is 6.38. The molecule has 2 rings (SSSR count). The minimum absolute atomic E-state index is 0.0479. The van der Waals surface area contributed by atoms with E-state index in [4.69, 9.17) is 12.2 Å². The Hall–Kier alpha value is -0.350. The van der Waals surface area contributed by atoms with Gasteiger partial charge in [-0.2, -0.15) is 0 Å².